The summed E-state index contributed by atoms with van der Waals surface area (Å²) in [5, 5.41) is 4.08. The number of hydrogen-bond acceptors (Lipinski definition) is 6. The lowest BCUT2D eigenvalue weighted by Crippen LogP contribution is -2.36. The Labute approximate surface area is 168 Å². The first kappa shape index (κ1) is 19.9. The van der Waals surface area contributed by atoms with Gasteiger partial charge < -0.3 is 19.1 Å². The lowest BCUT2D eigenvalue weighted by atomic mass is 10.2. The van der Waals surface area contributed by atoms with Crippen molar-refractivity contribution in [1.82, 2.24) is 4.90 Å². The van der Waals surface area contributed by atoms with Gasteiger partial charge in [-0.1, -0.05) is 6.07 Å². The van der Waals surface area contributed by atoms with Gasteiger partial charge in [-0.3, -0.25) is 4.79 Å². The second-order valence-electron chi connectivity index (χ2n) is 6.44. The number of carbonyl (C=O) groups is 2. The van der Waals surface area contributed by atoms with Crippen LogP contribution in [-0.4, -0.2) is 43.6 Å². The number of rotatable bonds is 9. The first-order chi connectivity index (χ1) is 13.6. The summed E-state index contributed by atoms with van der Waals surface area (Å²) in [5.74, 6) is 0.508. The van der Waals surface area contributed by atoms with Crippen LogP contribution in [-0.2, 0) is 20.9 Å². The molecule has 0 bridgehead atoms. The number of amides is 1. The minimum atomic E-state index is -0.435. The van der Waals surface area contributed by atoms with E-state index in [1.54, 1.807) is 35.6 Å². The average molecular weight is 401 g/mol. The van der Waals surface area contributed by atoms with Crippen LogP contribution in [0.5, 0.6) is 11.5 Å². The lowest BCUT2D eigenvalue weighted by molar-refractivity contribution is -0.135. The van der Waals surface area contributed by atoms with Crippen molar-refractivity contribution in [3.05, 3.63) is 52.2 Å². The Kier molecular flexibility index (Phi) is 6.71. The minimum absolute atomic E-state index is 0.0367. The van der Waals surface area contributed by atoms with Crippen molar-refractivity contribution >= 4 is 29.3 Å². The van der Waals surface area contributed by atoms with E-state index in [1.807, 2.05) is 16.3 Å². The highest BCUT2D eigenvalue weighted by Gasteiger charge is 2.32. The van der Waals surface area contributed by atoms with E-state index in [4.69, 9.17) is 9.47 Å². The van der Waals surface area contributed by atoms with Crippen LogP contribution in [0.15, 0.2) is 41.1 Å². The fourth-order valence-corrected chi connectivity index (χ4v) is 3.41. The Balaban J connectivity index is 1.63. The van der Waals surface area contributed by atoms with Crippen molar-refractivity contribution < 1.29 is 23.8 Å². The largest absolute Gasteiger partial charge is 0.493 e. The van der Waals surface area contributed by atoms with Gasteiger partial charge in [0.25, 0.3) is 5.91 Å². The molecule has 0 spiro atoms. The molecule has 1 aliphatic rings. The van der Waals surface area contributed by atoms with E-state index in [9.17, 15) is 9.59 Å². The van der Waals surface area contributed by atoms with E-state index >= 15 is 0 Å². The van der Waals surface area contributed by atoms with Gasteiger partial charge in [-0.15, -0.1) is 0 Å². The van der Waals surface area contributed by atoms with Gasteiger partial charge in [0.1, 0.15) is 0 Å². The quantitative estimate of drug-likeness (QED) is 0.475. The zero-order valence-electron chi connectivity index (χ0n) is 15.9. The molecule has 28 heavy (non-hydrogen) atoms. The predicted molar refractivity (Wildman–Crippen MR) is 107 cm³/mol. The van der Waals surface area contributed by atoms with Gasteiger partial charge in [0.2, 0.25) is 0 Å². The lowest BCUT2D eigenvalue weighted by Gasteiger charge is -2.22. The fourth-order valence-electron chi connectivity index (χ4n) is 2.75. The Bertz CT molecular complexity index is 842. The molecule has 0 saturated heterocycles. The first-order valence-electron chi connectivity index (χ1n) is 8.98. The van der Waals surface area contributed by atoms with Crippen molar-refractivity contribution in [2.75, 3.05) is 20.8 Å². The van der Waals surface area contributed by atoms with E-state index in [0.717, 1.165) is 24.0 Å². The number of ether oxygens (including phenoxy) is 3. The third-order valence-electron chi connectivity index (χ3n) is 4.39. The van der Waals surface area contributed by atoms with Crippen molar-refractivity contribution in [1.29, 1.82) is 0 Å². The summed E-state index contributed by atoms with van der Waals surface area (Å²) in [7, 11) is 2.86. The molecule has 0 N–H and O–H groups in total. The maximum Gasteiger partial charge on any atom is 0.330 e. The molecule has 7 heteroatoms. The highest BCUT2D eigenvalue weighted by molar-refractivity contribution is 7.07. The van der Waals surface area contributed by atoms with Gasteiger partial charge in [0.15, 0.2) is 18.1 Å². The van der Waals surface area contributed by atoms with Gasteiger partial charge in [0, 0.05) is 18.7 Å². The Morgan fingerprint density at radius 2 is 2.04 bits per heavy atom. The van der Waals surface area contributed by atoms with Crippen molar-refractivity contribution in [3.63, 3.8) is 0 Å². The molecule has 148 valence electrons. The molecule has 1 aliphatic carbocycles. The third kappa shape index (κ3) is 5.36. The van der Waals surface area contributed by atoms with Crippen LogP contribution in [0.3, 0.4) is 0 Å². The number of benzene rings is 1. The summed E-state index contributed by atoms with van der Waals surface area (Å²) < 4.78 is 15.7. The predicted octanol–water partition coefficient (Wildman–Crippen LogP) is 3.51. The molecule has 1 aromatic carbocycles. The summed E-state index contributed by atoms with van der Waals surface area (Å²) in [6, 6.07) is 7.60. The number of nitrogens with zero attached hydrogens (tertiary/aromatic N) is 1. The number of thiophene rings is 1. The first-order valence-corrected chi connectivity index (χ1v) is 9.92. The SMILES string of the molecule is COC(=O)C=Cc1ccc(OCC(=O)N(Cc2ccsc2)C2CC2)c(OC)c1. The van der Waals surface area contributed by atoms with Crippen molar-refractivity contribution in [2.24, 2.45) is 0 Å². The van der Waals surface area contributed by atoms with Gasteiger partial charge in [-0.05, 0) is 59.0 Å². The number of hydrogen-bond donors (Lipinski definition) is 0. The van der Waals surface area contributed by atoms with E-state index in [-0.39, 0.29) is 12.5 Å². The Hall–Kier alpha value is -2.80. The molecule has 1 fully saturated rings. The zero-order chi connectivity index (χ0) is 19.9. The van der Waals surface area contributed by atoms with Gasteiger partial charge in [-0.2, -0.15) is 11.3 Å². The molecular formula is C21H23NO5S. The van der Waals surface area contributed by atoms with E-state index in [1.165, 1.54) is 20.3 Å². The standard InChI is InChI=1S/C21H23NO5S/c1-25-19-11-15(4-8-21(24)26-2)3-7-18(19)27-13-20(23)22(17-5-6-17)12-16-9-10-28-14-16/h3-4,7-11,14,17H,5-6,12-13H2,1-2H3. The summed E-state index contributed by atoms with van der Waals surface area (Å²) in [4.78, 5) is 25.8. The minimum Gasteiger partial charge on any atom is -0.493 e. The van der Waals surface area contributed by atoms with E-state index < -0.39 is 5.97 Å². The van der Waals surface area contributed by atoms with E-state index in [0.29, 0.717) is 24.1 Å². The molecule has 0 atom stereocenters. The number of carbonyl (C=O) groups excluding carboxylic acids is 2. The van der Waals surface area contributed by atoms with Crippen LogP contribution in [0.2, 0.25) is 0 Å². The van der Waals surface area contributed by atoms with Crippen LogP contribution >= 0.6 is 11.3 Å². The molecule has 6 nitrogen and oxygen atoms in total. The third-order valence-corrected chi connectivity index (χ3v) is 5.12. The molecule has 2 aromatic rings. The molecule has 1 heterocycles. The topological polar surface area (TPSA) is 65.1 Å². The summed E-state index contributed by atoms with van der Waals surface area (Å²) >= 11 is 1.63. The molecule has 1 amide bonds. The van der Waals surface area contributed by atoms with Crippen LogP contribution in [0.25, 0.3) is 6.08 Å². The van der Waals surface area contributed by atoms with Gasteiger partial charge in [-0.25, -0.2) is 4.79 Å². The molecule has 3 rings (SSSR count). The van der Waals surface area contributed by atoms with Crippen LogP contribution in [0.1, 0.15) is 24.0 Å². The maximum atomic E-state index is 12.7. The maximum absolute atomic E-state index is 12.7. The van der Waals surface area contributed by atoms with Crippen LogP contribution in [0, 0.1) is 0 Å². The number of esters is 1. The Morgan fingerprint density at radius 3 is 2.68 bits per heavy atom. The van der Waals surface area contributed by atoms with Gasteiger partial charge >= 0.3 is 5.97 Å². The van der Waals surface area contributed by atoms with Crippen LogP contribution < -0.4 is 9.47 Å². The highest BCUT2D eigenvalue weighted by atomic mass is 32.1. The molecule has 0 unspecified atom stereocenters. The summed E-state index contributed by atoms with van der Waals surface area (Å²) in [6.45, 7) is 0.569. The second kappa shape index (κ2) is 9.41. The smallest absolute Gasteiger partial charge is 0.330 e. The molecule has 0 aliphatic heterocycles. The van der Waals surface area contributed by atoms with Crippen LogP contribution in [0.4, 0.5) is 0 Å². The van der Waals surface area contributed by atoms with Crippen molar-refractivity contribution in [2.45, 2.75) is 25.4 Å². The average Bonchev–Trinajstić information content (AvgIpc) is 3.43. The molecular weight excluding hydrogens is 378 g/mol. The summed E-state index contributed by atoms with van der Waals surface area (Å²) in [5.41, 5.74) is 1.91. The monoisotopic (exact) mass is 401 g/mol. The van der Waals surface area contributed by atoms with Crippen molar-refractivity contribution in [3.8, 4) is 11.5 Å². The second-order valence-corrected chi connectivity index (χ2v) is 7.22. The molecule has 0 radical (unpaired) electrons. The zero-order valence-corrected chi connectivity index (χ0v) is 16.7. The highest BCUT2D eigenvalue weighted by Crippen LogP contribution is 2.31. The number of methoxy groups -OCH3 is 2. The fraction of sp³-hybridized carbons (Fsp3) is 0.333. The van der Waals surface area contributed by atoms with Gasteiger partial charge in [0.05, 0.1) is 14.2 Å². The Morgan fingerprint density at radius 1 is 1.21 bits per heavy atom. The van der Waals surface area contributed by atoms with E-state index in [2.05, 4.69) is 10.1 Å². The summed E-state index contributed by atoms with van der Waals surface area (Å²) in [6.07, 6.45) is 5.04. The normalized spacial score (nSPS) is 13.4. The molecule has 1 aromatic heterocycles. The molecule has 1 saturated carbocycles.